The third kappa shape index (κ3) is 4.96. The lowest BCUT2D eigenvalue weighted by Crippen LogP contribution is -2.43. The van der Waals surface area contributed by atoms with Gasteiger partial charge in [0.2, 0.25) is 0 Å². The van der Waals surface area contributed by atoms with Crippen LogP contribution in [-0.2, 0) is 9.53 Å². The van der Waals surface area contributed by atoms with E-state index in [1.165, 1.54) is 0 Å². The van der Waals surface area contributed by atoms with E-state index in [1.807, 2.05) is 0 Å². The first-order chi connectivity index (χ1) is 13.4. The normalized spacial score (nSPS) is 18.6. The summed E-state index contributed by atoms with van der Waals surface area (Å²) >= 11 is 3.28. The molecule has 1 heterocycles. The number of aliphatic hydroxyl groups is 1. The van der Waals surface area contributed by atoms with Crippen LogP contribution in [0.1, 0.15) is 16.8 Å². The number of esters is 1. The van der Waals surface area contributed by atoms with Gasteiger partial charge >= 0.3 is 12.1 Å². The fraction of sp³-hybridized carbons (Fsp3) is 0.250. The van der Waals surface area contributed by atoms with Crippen LogP contribution in [0.4, 0.5) is 4.79 Å². The van der Waals surface area contributed by atoms with Crippen LogP contribution in [0.3, 0.4) is 0 Å². The molecule has 0 saturated carbocycles. The van der Waals surface area contributed by atoms with Gasteiger partial charge in [-0.3, -0.25) is 9.69 Å². The minimum absolute atomic E-state index is 0.0230. The van der Waals surface area contributed by atoms with Crippen LogP contribution in [-0.4, -0.2) is 53.1 Å². The maximum absolute atomic E-state index is 12.4. The Kier molecular flexibility index (Phi) is 6.43. The molecular formula is C20H18BrNO6. The van der Waals surface area contributed by atoms with Gasteiger partial charge in [-0.15, -0.1) is 0 Å². The van der Waals surface area contributed by atoms with Crippen LogP contribution in [0.5, 0.6) is 5.75 Å². The van der Waals surface area contributed by atoms with E-state index in [4.69, 9.17) is 9.47 Å². The van der Waals surface area contributed by atoms with Crippen LogP contribution in [0.15, 0.2) is 59.1 Å². The molecule has 2 aromatic carbocycles. The lowest BCUT2D eigenvalue weighted by atomic mass is 10.1. The number of ketones is 1. The van der Waals surface area contributed by atoms with Crippen LogP contribution in [0.25, 0.3) is 0 Å². The van der Waals surface area contributed by atoms with E-state index in [0.717, 1.165) is 9.37 Å². The zero-order valence-corrected chi connectivity index (χ0v) is 16.4. The molecule has 1 fully saturated rings. The number of hydrogen-bond donors (Lipinski definition) is 1. The SMILES string of the molecule is O=C(COC(=O)[C@@H]1C[C@H](O)CN1C(=O)Oc1ccccc1)c1ccc(Br)cc1. The Morgan fingerprint density at radius 2 is 1.75 bits per heavy atom. The van der Waals surface area contributed by atoms with E-state index in [1.54, 1.807) is 54.6 Å². The van der Waals surface area contributed by atoms with Crippen molar-refractivity contribution in [3.63, 3.8) is 0 Å². The van der Waals surface area contributed by atoms with Gasteiger partial charge in [-0.25, -0.2) is 9.59 Å². The molecule has 1 aliphatic rings. The molecule has 0 radical (unpaired) electrons. The Labute approximate surface area is 170 Å². The molecular weight excluding hydrogens is 430 g/mol. The summed E-state index contributed by atoms with van der Waals surface area (Å²) in [5.41, 5.74) is 0.405. The number of ether oxygens (including phenoxy) is 2. The molecule has 0 spiro atoms. The summed E-state index contributed by atoms with van der Waals surface area (Å²) in [6, 6.07) is 14.0. The first kappa shape index (κ1) is 20.0. The summed E-state index contributed by atoms with van der Waals surface area (Å²) < 4.78 is 11.1. The van der Waals surface area contributed by atoms with Crippen LogP contribution in [0.2, 0.25) is 0 Å². The first-order valence-corrected chi connectivity index (χ1v) is 9.40. The van der Waals surface area contributed by atoms with Crippen molar-refractivity contribution < 1.29 is 29.0 Å². The zero-order valence-electron chi connectivity index (χ0n) is 14.8. The average molecular weight is 448 g/mol. The molecule has 1 N–H and O–H groups in total. The predicted molar refractivity (Wildman–Crippen MR) is 103 cm³/mol. The minimum Gasteiger partial charge on any atom is -0.456 e. The Morgan fingerprint density at radius 3 is 2.43 bits per heavy atom. The molecule has 2 atom stereocenters. The van der Waals surface area contributed by atoms with Gasteiger partial charge in [0.25, 0.3) is 0 Å². The number of aliphatic hydroxyl groups excluding tert-OH is 1. The fourth-order valence-electron chi connectivity index (χ4n) is 2.84. The van der Waals surface area contributed by atoms with E-state index in [2.05, 4.69) is 15.9 Å². The Morgan fingerprint density at radius 1 is 1.07 bits per heavy atom. The van der Waals surface area contributed by atoms with Crippen LogP contribution < -0.4 is 4.74 Å². The molecule has 0 aliphatic carbocycles. The molecule has 0 unspecified atom stereocenters. The Hall–Kier alpha value is -2.71. The topological polar surface area (TPSA) is 93.1 Å². The minimum atomic E-state index is -1.01. The number of Topliss-reactive ketones (excluding diaryl/α,β-unsaturated/α-hetero) is 1. The highest BCUT2D eigenvalue weighted by molar-refractivity contribution is 9.10. The number of para-hydroxylation sites is 1. The molecule has 3 rings (SSSR count). The van der Waals surface area contributed by atoms with Crippen LogP contribution >= 0.6 is 15.9 Å². The van der Waals surface area contributed by atoms with E-state index >= 15 is 0 Å². The van der Waals surface area contributed by atoms with Crippen molar-refractivity contribution in [1.29, 1.82) is 0 Å². The summed E-state index contributed by atoms with van der Waals surface area (Å²) in [5.74, 6) is -0.795. The van der Waals surface area contributed by atoms with Gasteiger partial charge in [0.05, 0.1) is 12.6 Å². The molecule has 2 aromatic rings. The zero-order chi connectivity index (χ0) is 20.1. The molecule has 28 heavy (non-hydrogen) atoms. The standard InChI is InChI=1S/C20H18BrNO6/c21-14-8-6-13(7-9-14)18(24)12-27-19(25)17-10-15(23)11-22(17)20(26)28-16-4-2-1-3-5-16/h1-9,15,17,23H,10-12H2/t15-,17-/m0/s1. The largest absolute Gasteiger partial charge is 0.456 e. The number of carbonyl (C=O) groups excluding carboxylic acids is 3. The summed E-state index contributed by atoms with van der Waals surface area (Å²) in [4.78, 5) is 38.0. The maximum Gasteiger partial charge on any atom is 0.416 e. The monoisotopic (exact) mass is 447 g/mol. The number of carbonyl (C=O) groups is 3. The highest BCUT2D eigenvalue weighted by Gasteiger charge is 2.41. The van der Waals surface area contributed by atoms with Crippen molar-refractivity contribution >= 4 is 33.8 Å². The Balaban J connectivity index is 1.60. The summed E-state index contributed by atoms with van der Waals surface area (Å²) in [7, 11) is 0. The van der Waals surface area contributed by atoms with E-state index < -0.39 is 30.8 Å². The van der Waals surface area contributed by atoms with Crippen molar-refractivity contribution in [2.75, 3.05) is 13.2 Å². The molecule has 0 bridgehead atoms. The second-order valence-electron chi connectivity index (χ2n) is 6.28. The fourth-order valence-corrected chi connectivity index (χ4v) is 3.10. The highest BCUT2D eigenvalue weighted by Crippen LogP contribution is 2.22. The van der Waals surface area contributed by atoms with Crippen molar-refractivity contribution in [2.45, 2.75) is 18.6 Å². The highest BCUT2D eigenvalue weighted by atomic mass is 79.9. The predicted octanol–water partition coefficient (Wildman–Crippen LogP) is 2.81. The molecule has 1 aliphatic heterocycles. The molecule has 146 valence electrons. The van der Waals surface area contributed by atoms with E-state index in [9.17, 15) is 19.5 Å². The molecule has 1 amide bonds. The number of hydrogen-bond acceptors (Lipinski definition) is 6. The van der Waals surface area contributed by atoms with Gasteiger partial charge in [-0.2, -0.15) is 0 Å². The third-order valence-corrected chi connectivity index (χ3v) is 4.77. The summed E-state index contributed by atoms with van der Waals surface area (Å²) in [5, 5.41) is 9.89. The molecule has 7 nitrogen and oxygen atoms in total. The number of halogens is 1. The van der Waals surface area contributed by atoms with Crippen molar-refractivity contribution in [3.8, 4) is 5.75 Å². The second kappa shape index (κ2) is 8.99. The number of amides is 1. The second-order valence-corrected chi connectivity index (χ2v) is 7.19. The van der Waals surface area contributed by atoms with Gasteiger partial charge in [-0.1, -0.05) is 46.3 Å². The maximum atomic E-state index is 12.4. The summed E-state index contributed by atoms with van der Waals surface area (Å²) in [6.45, 7) is -0.499. The van der Waals surface area contributed by atoms with Gasteiger partial charge in [0.1, 0.15) is 11.8 Å². The average Bonchev–Trinajstić information content (AvgIpc) is 3.09. The van der Waals surface area contributed by atoms with Gasteiger partial charge in [0, 0.05) is 16.5 Å². The van der Waals surface area contributed by atoms with Crippen molar-refractivity contribution in [2.24, 2.45) is 0 Å². The number of benzene rings is 2. The third-order valence-electron chi connectivity index (χ3n) is 4.25. The van der Waals surface area contributed by atoms with Gasteiger partial charge in [-0.05, 0) is 24.3 Å². The smallest absolute Gasteiger partial charge is 0.416 e. The molecule has 1 saturated heterocycles. The molecule has 0 aromatic heterocycles. The summed E-state index contributed by atoms with van der Waals surface area (Å²) in [6.07, 6.45) is -1.61. The number of β-amino-alcohol motifs (C(OH)–C–C–N with tert-alkyl or cyclic N) is 1. The van der Waals surface area contributed by atoms with Crippen molar-refractivity contribution in [1.82, 2.24) is 4.90 Å². The number of rotatable bonds is 5. The molecule has 8 heteroatoms. The van der Waals surface area contributed by atoms with Gasteiger partial charge < -0.3 is 14.6 Å². The van der Waals surface area contributed by atoms with E-state index in [-0.39, 0.29) is 18.7 Å². The van der Waals surface area contributed by atoms with Crippen molar-refractivity contribution in [3.05, 3.63) is 64.6 Å². The number of nitrogens with zero attached hydrogens (tertiary/aromatic N) is 1. The Bertz CT molecular complexity index is 855. The lowest BCUT2D eigenvalue weighted by molar-refractivity contribution is -0.147. The quantitative estimate of drug-likeness (QED) is 0.559. The first-order valence-electron chi connectivity index (χ1n) is 8.61. The van der Waals surface area contributed by atoms with Gasteiger partial charge in [0.15, 0.2) is 12.4 Å². The van der Waals surface area contributed by atoms with E-state index in [0.29, 0.717) is 11.3 Å². The number of likely N-dealkylation sites (tertiary alicyclic amines) is 1. The van der Waals surface area contributed by atoms with Crippen LogP contribution in [0, 0.1) is 0 Å². The lowest BCUT2D eigenvalue weighted by Gasteiger charge is -2.22.